The number of aromatic nitrogens is 3. The predicted molar refractivity (Wildman–Crippen MR) is 106 cm³/mol. The first kappa shape index (κ1) is 20.5. The summed E-state index contributed by atoms with van der Waals surface area (Å²) in [5, 5.41) is 11.1. The molecule has 2 aliphatic heterocycles. The molecule has 10 heteroatoms. The lowest BCUT2D eigenvalue weighted by atomic mass is 10.1. The Bertz CT molecular complexity index is 913. The zero-order valence-electron chi connectivity index (χ0n) is 17.1. The molecule has 2 aromatic rings. The number of hydrogen-bond donors (Lipinski definition) is 1. The maximum Gasteiger partial charge on any atom is 0.412 e. The Balaban J connectivity index is 1.33. The zero-order valence-corrected chi connectivity index (χ0v) is 17.1. The Morgan fingerprint density at radius 2 is 1.93 bits per heavy atom. The van der Waals surface area contributed by atoms with Crippen LogP contribution in [-0.2, 0) is 20.8 Å². The summed E-state index contributed by atoms with van der Waals surface area (Å²) in [4.78, 5) is 25.6. The molecule has 1 aromatic carbocycles. The van der Waals surface area contributed by atoms with Crippen LogP contribution in [-0.4, -0.2) is 77.4 Å². The number of anilines is 1. The van der Waals surface area contributed by atoms with Gasteiger partial charge in [-0.15, -0.1) is 5.10 Å². The lowest BCUT2D eigenvalue weighted by molar-refractivity contribution is 0.00770. The average molecular weight is 415 g/mol. The van der Waals surface area contributed by atoms with E-state index in [-0.39, 0.29) is 30.6 Å². The molecular formula is C20H25N5O5. The highest BCUT2D eigenvalue weighted by Gasteiger charge is 2.50. The standard InChI is InChI=1S/C20H25N5O5/c1-12(26)13-4-6-14(7-5-13)21-20(27)30-17-11-29-18-16(10-28-19(17)18)25-9-15(22-23-25)8-24(2)3/h4-7,9,16-19H,8,10-11H2,1-3H3,(H,21,27)/t16-,17+,18+,19+/m0/s1. The Morgan fingerprint density at radius 1 is 1.20 bits per heavy atom. The summed E-state index contributed by atoms with van der Waals surface area (Å²) in [6.07, 6.45) is 0.168. The lowest BCUT2D eigenvalue weighted by Gasteiger charge is -2.17. The molecule has 0 bridgehead atoms. The Morgan fingerprint density at radius 3 is 2.63 bits per heavy atom. The van der Waals surface area contributed by atoms with E-state index in [2.05, 4.69) is 15.6 Å². The highest BCUT2D eigenvalue weighted by molar-refractivity contribution is 5.94. The van der Waals surface area contributed by atoms with E-state index in [9.17, 15) is 9.59 Å². The third-order valence-electron chi connectivity index (χ3n) is 5.15. The van der Waals surface area contributed by atoms with Crippen molar-refractivity contribution in [2.75, 3.05) is 32.6 Å². The molecule has 0 spiro atoms. The van der Waals surface area contributed by atoms with Gasteiger partial charge in [-0.05, 0) is 45.3 Å². The van der Waals surface area contributed by atoms with Crippen molar-refractivity contribution in [2.45, 2.75) is 37.8 Å². The summed E-state index contributed by atoms with van der Waals surface area (Å²) in [7, 11) is 3.94. The van der Waals surface area contributed by atoms with Crippen LogP contribution in [0.5, 0.6) is 0 Å². The first-order chi connectivity index (χ1) is 14.4. The van der Waals surface area contributed by atoms with E-state index in [0.29, 0.717) is 24.4 Å². The van der Waals surface area contributed by atoms with Gasteiger partial charge in [-0.2, -0.15) is 0 Å². The number of nitrogens with zero attached hydrogens (tertiary/aromatic N) is 4. The molecule has 10 nitrogen and oxygen atoms in total. The fourth-order valence-corrected chi connectivity index (χ4v) is 3.72. The lowest BCUT2D eigenvalue weighted by Crippen LogP contribution is -2.34. The van der Waals surface area contributed by atoms with Gasteiger partial charge in [0.2, 0.25) is 0 Å². The molecule has 0 unspecified atom stereocenters. The molecular weight excluding hydrogens is 390 g/mol. The number of carbonyl (C=O) groups is 2. The monoisotopic (exact) mass is 415 g/mol. The molecule has 160 valence electrons. The number of amides is 1. The van der Waals surface area contributed by atoms with Crippen LogP contribution in [0.1, 0.15) is 29.0 Å². The highest BCUT2D eigenvalue weighted by Crippen LogP contribution is 2.35. The van der Waals surface area contributed by atoms with Crippen molar-refractivity contribution in [1.29, 1.82) is 0 Å². The summed E-state index contributed by atoms with van der Waals surface area (Å²) < 4.78 is 19.0. The van der Waals surface area contributed by atoms with Crippen LogP contribution in [0.15, 0.2) is 30.5 Å². The number of ether oxygens (including phenoxy) is 3. The van der Waals surface area contributed by atoms with E-state index >= 15 is 0 Å². The number of benzene rings is 1. The zero-order chi connectivity index (χ0) is 21.3. The third kappa shape index (κ3) is 4.35. The minimum Gasteiger partial charge on any atom is -0.441 e. The molecule has 0 saturated carbocycles. The van der Waals surface area contributed by atoms with Crippen molar-refractivity contribution in [3.05, 3.63) is 41.7 Å². The van der Waals surface area contributed by atoms with Crippen molar-refractivity contribution in [3.8, 4) is 0 Å². The first-order valence-electron chi connectivity index (χ1n) is 9.78. The Kier molecular flexibility index (Phi) is 5.80. The van der Waals surface area contributed by atoms with Gasteiger partial charge in [-0.3, -0.25) is 10.1 Å². The molecule has 2 saturated heterocycles. The van der Waals surface area contributed by atoms with Gasteiger partial charge in [0, 0.05) is 17.8 Å². The second-order valence-corrected chi connectivity index (χ2v) is 7.79. The fraction of sp³-hybridized carbons (Fsp3) is 0.500. The van der Waals surface area contributed by atoms with E-state index in [1.807, 2.05) is 25.2 Å². The second-order valence-electron chi connectivity index (χ2n) is 7.79. The van der Waals surface area contributed by atoms with Gasteiger partial charge in [-0.1, -0.05) is 5.21 Å². The van der Waals surface area contributed by atoms with Crippen molar-refractivity contribution in [3.63, 3.8) is 0 Å². The van der Waals surface area contributed by atoms with Crippen molar-refractivity contribution in [1.82, 2.24) is 19.9 Å². The fourth-order valence-electron chi connectivity index (χ4n) is 3.72. The van der Waals surface area contributed by atoms with Gasteiger partial charge in [-0.25, -0.2) is 9.48 Å². The molecule has 4 rings (SSSR count). The number of nitrogens with one attached hydrogen (secondary N) is 1. The van der Waals surface area contributed by atoms with Crippen LogP contribution in [0.25, 0.3) is 0 Å². The number of carbonyl (C=O) groups excluding carboxylic acids is 2. The SMILES string of the molecule is CC(=O)c1ccc(NC(=O)O[C@@H]2CO[C@H]3[C@@H]2OC[C@@H]3n2cc(CN(C)C)nn2)cc1. The molecule has 1 aromatic heterocycles. The maximum absolute atomic E-state index is 12.3. The summed E-state index contributed by atoms with van der Waals surface area (Å²) in [6, 6.07) is 6.50. The summed E-state index contributed by atoms with van der Waals surface area (Å²) in [5.74, 6) is -0.0348. The first-order valence-corrected chi connectivity index (χ1v) is 9.78. The molecule has 1 amide bonds. The van der Waals surface area contributed by atoms with E-state index < -0.39 is 12.2 Å². The second kappa shape index (κ2) is 8.50. The minimum atomic E-state index is -0.596. The van der Waals surface area contributed by atoms with Gasteiger partial charge >= 0.3 is 6.09 Å². The van der Waals surface area contributed by atoms with Crippen molar-refractivity contribution in [2.24, 2.45) is 0 Å². The molecule has 2 fully saturated rings. The Hall–Kier alpha value is -2.82. The number of ketones is 1. The molecule has 30 heavy (non-hydrogen) atoms. The maximum atomic E-state index is 12.3. The van der Waals surface area contributed by atoms with E-state index in [1.165, 1.54) is 6.92 Å². The van der Waals surface area contributed by atoms with Crippen LogP contribution < -0.4 is 5.32 Å². The minimum absolute atomic E-state index is 0.0348. The highest BCUT2D eigenvalue weighted by atomic mass is 16.6. The van der Waals surface area contributed by atoms with Gasteiger partial charge in [0.25, 0.3) is 0 Å². The van der Waals surface area contributed by atoms with Crippen LogP contribution in [0.4, 0.5) is 10.5 Å². The van der Waals surface area contributed by atoms with Crippen molar-refractivity contribution < 1.29 is 23.8 Å². The van der Waals surface area contributed by atoms with Crippen molar-refractivity contribution >= 4 is 17.6 Å². The predicted octanol–water partition coefficient (Wildman–Crippen LogP) is 1.50. The van der Waals surface area contributed by atoms with Crippen LogP contribution >= 0.6 is 0 Å². The van der Waals surface area contributed by atoms with Gasteiger partial charge in [0.05, 0.1) is 25.1 Å². The number of Topliss-reactive ketones (excluding diaryl/α,β-unsaturated/α-hetero) is 1. The topological polar surface area (TPSA) is 108 Å². The quantitative estimate of drug-likeness (QED) is 0.707. The summed E-state index contributed by atoms with van der Waals surface area (Å²) in [5.41, 5.74) is 1.99. The van der Waals surface area contributed by atoms with E-state index in [0.717, 1.165) is 5.69 Å². The van der Waals surface area contributed by atoms with E-state index in [1.54, 1.807) is 28.9 Å². The molecule has 2 aliphatic rings. The van der Waals surface area contributed by atoms with Crippen LogP contribution in [0, 0.1) is 0 Å². The van der Waals surface area contributed by atoms with E-state index in [4.69, 9.17) is 14.2 Å². The normalized spacial score (nSPS) is 25.3. The average Bonchev–Trinajstić information content (AvgIpc) is 3.39. The molecule has 3 heterocycles. The van der Waals surface area contributed by atoms with Gasteiger partial charge in [0.1, 0.15) is 18.2 Å². The summed E-state index contributed by atoms with van der Waals surface area (Å²) >= 11 is 0. The largest absolute Gasteiger partial charge is 0.441 e. The Labute approximate surface area is 174 Å². The molecule has 0 aliphatic carbocycles. The van der Waals surface area contributed by atoms with Crippen LogP contribution in [0.2, 0.25) is 0 Å². The summed E-state index contributed by atoms with van der Waals surface area (Å²) in [6.45, 7) is 2.85. The number of rotatable bonds is 6. The number of fused-ring (bicyclic) bond motifs is 1. The van der Waals surface area contributed by atoms with Crippen LogP contribution in [0.3, 0.4) is 0 Å². The van der Waals surface area contributed by atoms with Gasteiger partial charge < -0.3 is 19.1 Å². The smallest absolute Gasteiger partial charge is 0.412 e. The van der Waals surface area contributed by atoms with Gasteiger partial charge in [0.15, 0.2) is 11.9 Å². The molecule has 1 N–H and O–H groups in total. The molecule has 0 radical (unpaired) electrons. The third-order valence-corrected chi connectivity index (χ3v) is 5.15. The number of hydrogen-bond acceptors (Lipinski definition) is 8. The molecule has 4 atom stereocenters.